The third kappa shape index (κ3) is 11.0. The van der Waals surface area contributed by atoms with Gasteiger partial charge in [-0.05, 0) is 6.42 Å². The first-order chi connectivity index (χ1) is 7.98. The number of carbonyl (C=O) groups is 1. The maximum absolute atomic E-state index is 10.2. The molecule has 0 aliphatic heterocycles. The molecule has 5 nitrogen and oxygen atoms in total. The maximum atomic E-state index is 10.2. The van der Waals surface area contributed by atoms with Crippen LogP contribution >= 0.6 is 0 Å². The topological polar surface area (TPSA) is 67.8 Å². The van der Waals surface area contributed by atoms with Gasteiger partial charge in [0.2, 0.25) is 0 Å². The monoisotopic (exact) mass is 243 g/mol. The second-order valence-corrected chi connectivity index (χ2v) is 4.50. The molecule has 0 atom stereocenters. The smallest absolute Gasteiger partial charge is 0.404 e. The molecule has 0 aromatic rings. The van der Waals surface area contributed by atoms with Gasteiger partial charge in [0.05, 0.1) is 13.2 Å². The summed E-state index contributed by atoms with van der Waals surface area (Å²) in [6, 6.07) is 0. The lowest BCUT2D eigenvalue weighted by molar-refractivity contribution is 0.00475. The van der Waals surface area contributed by atoms with Gasteiger partial charge in [-0.2, -0.15) is 0 Å². The van der Waals surface area contributed by atoms with Crippen LogP contribution in [0.2, 0.25) is 0 Å². The molecule has 0 aromatic carbocycles. The molecule has 1 amide bonds. The zero-order valence-corrected chi connectivity index (χ0v) is 10.5. The fraction of sp³-hybridized carbons (Fsp3) is 0.750. The highest BCUT2D eigenvalue weighted by Crippen LogP contribution is 2.15. The summed E-state index contributed by atoms with van der Waals surface area (Å²) in [5.41, 5.74) is -0.0862. The van der Waals surface area contributed by atoms with E-state index in [1.807, 2.05) is 13.8 Å². The van der Waals surface area contributed by atoms with Gasteiger partial charge in [0, 0.05) is 18.6 Å². The van der Waals surface area contributed by atoms with E-state index in [1.54, 1.807) is 0 Å². The molecule has 0 fully saturated rings. The van der Waals surface area contributed by atoms with E-state index in [2.05, 4.69) is 11.2 Å². The Morgan fingerprint density at radius 2 is 2.06 bits per heavy atom. The van der Waals surface area contributed by atoms with Crippen LogP contribution in [0.3, 0.4) is 0 Å². The normalized spacial score (nSPS) is 10.9. The predicted molar refractivity (Wildman–Crippen MR) is 64.9 cm³/mol. The van der Waals surface area contributed by atoms with E-state index < -0.39 is 6.09 Å². The SMILES string of the molecule is C#CCOCC(C)(C)COCCCNC(=O)O. The molecule has 0 saturated heterocycles. The minimum Gasteiger partial charge on any atom is -0.465 e. The molecular formula is C12H21NO4. The van der Waals surface area contributed by atoms with Gasteiger partial charge in [0.1, 0.15) is 6.61 Å². The zero-order chi connectivity index (χ0) is 13.1. The molecule has 2 N–H and O–H groups in total. The average molecular weight is 243 g/mol. The minimum atomic E-state index is -1.01. The lowest BCUT2D eigenvalue weighted by Gasteiger charge is -2.23. The molecule has 0 bridgehead atoms. The number of hydrogen-bond acceptors (Lipinski definition) is 3. The summed E-state index contributed by atoms with van der Waals surface area (Å²) in [6.07, 6.45) is 4.73. The van der Waals surface area contributed by atoms with Crippen molar-refractivity contribution in [2.45, 2.75) is 20.3 Å². The van der Waals surface area contributed by atoms with Crippen LogP contribution in [0.5, 0.6) is 0 Å². The minimum absolute atomic E-state index is 0.0862. The van der Waals surface area contributed by atoms with Crippen molar-refractivity contribution in [3.05, 3.63) is 0 Å². The van der Waals surface area contributed by atoms with Crippen molar-refractivity contribution < 1.29 is 19.4 Å². The highest BCUT2D eigenvalue weighted by Gasteiger charge is 2.18. The number of rotatable bonds is 9. The summed E-state index contributed by atoms with van der Waals surface area (Å²) in [7, 11) is 0. The molecule has 0 aliphatic carbocycles. The van der Waals surface area contributed by atoms with Crippen LogP contribution in [0.15, 0.2) is 0 Å². The lowest BCUT2D eigenvalue weighted by Crippen LogP contribution is -2.27. The summed E-state index contributed by atoms with van der Waals surface area (Å²) >= 11 is 0. The standard InChI is InChI=1S/C12H21NO4/c1-4-7-16-9-12(2,3)10-17-8-5-6-13-11(14)15/h1,13H,5-10H2,2-3H3,(H,14,15). The van der Waals surface area contributed by atoms with Crippen molar-refractivity contribution in [2.24, 2.45) is 5.41 Å². The van der Waals surface area contributed by atoms with Crippen LogP contribution in [0.25, 0.3) is 0 Å². The Morgan fingerprint density at radius 3 is 2.65 bits per heavy atom. The molecule has 0 unspecified atom stereocenters. The predicted octanol–water partition coefficient (Wildman–Crippen LogP) is 1.34. The molecule has 0 spiro atoms. The Balaban J connectivity index is 3.45. The summed E-state index contributed by atoms with van der Waals surface area (Å²) in [5.74, 6) is 2.41. The lowest BCUT2D eigenvalue weighted by atomic mass is 9.96. The highest BCUT2D eigenvalue weighted by atomic mass is 16.5. The van der Waals surface area contributed by atoms with Gasteiger partial charge in [0.15, 0.2) is 0 Å². The van der Waals surface area contributed by atoms with Crippen molar-refractivity contribution in [1.29, 1.82) is 0 Å². The van der Waals surface area contributed by atoms with Gasteiger partial charge in [-0.15, -0.1) is 6.42 Å². The summed E-state index contributed by atoms with van der Waals surface area (Å²) < 4.78 is 10.7. The molecule has 98 valence electrons. The summed E-state index contributed by atoms with van der Waals surface area (Å²) in [4.78, 5) is 10.2. The summed E-state index contributed by atoms with van der Waals surface area (Å²) in [5, 5.41) is 10.6. The van der Waals surface area contributed by atoms with Gasteiger partial charge in [-0.25, -0.2) is 4.79 Å². The number of hydrogen-bond donors (Lipinski definition) is 2. The largest absolute Gasteiger partial charge is 0.465 e. The Hall–Kier alpha value is -1.25. The van der Waals surface area contributed by atoms with Crippen molar-refractivity contribution in [3.63, 3.8) is 0 Å². The molecule has 0 saturated carbocycles. The molecule has 0 radical (unpaired) electrons. The first kappa shape index (κ1) is 15.8. The van der Waals surface area contributed by atoms with Crippen molar-refractivity contribution in [3.8, 4) is 12.3 Å². The van der Waals surface area contributed by atoms with Crippen LogP contribution in [-0.4, -0.2) is 44.2 Å². The van der Waals surface area contributed by atoms with Crippen LogP contribution in [0, 0.1) is 17.8 Å². The number of terminal acetylenes is 1. The van der Waals surface area contributed by atoms with E-state index in [9.17, 15) is 4.79 Å². The van der Waals surface area contributed by atoms with Crippen molar-refractivity contribution in [1.82, 2.24) is 5.32 Å². The molecule has 0 heterocycles. The third-order valence-electron chi connectivity index (χ3n) is 1.91. The second-order valence-electron chi connectivity index (χ2n) is 4.50. The number of nitrogens with one attached hydrogen (secondary N) is 1. The Bertz CT molecular complexity index is 258. The van der Waals surface area contributed by atoms with E-state index in [0.29, 0.717) is 39.4 Å². The molecule has 0 aliphatic rings. The van der Waals surface area contributed by atoms with Crippen molar-refractivity contribution in [2.75, 3.05) is 33.0 Å². The number of ether oxygens (including phenoxy) is 2. The van der Waals surface area contributed by atoms with E-state index >= 15 is 0 Å². The first-order valence-electron chi connectivity index (χ1n) is 5.54. The fourth-order valence-corrected chi connectivity index (χ4v) is 1.15. The quantitative estimate of drug-likeness (QED) is 0.473. The molecule has 17 heavy (non-hydrogen) atoms. The molecule has 5 heteroatoms. The van der Waals surface area contributed by atoms with Gasteiger partial charge >= 0.3 is 6.09 Å². The fourth-order valence-electron chi connectivity index (χ4n) is 1.15. The first-order valence-corrected chi connectivity index (χ1v) is 5.54. The van der Waals surface area contributed by atoms with E-state index in [0.717, 1.165) is 0 Å². The molecular weight excluding hydrogens is 222 g/mol. The van der Waals surface area contributed by atoms with E-state index in [4.69, 9.17) is 21.0 Å². The number of amides is 1. The molecule has 0 rings (SSSR count). The van der Waals surface area contributed by atoms with E-state index in [-0.39, 0.29) is 5.41 Å². The van der Waals surface area contributed by atoms with Crippen LogP contribution in [-0.2, 0) is 9.47 Å². The van der Waals surface area contributed by atoms with Crippen LogP contribution in [0.1, 0.15) is 20.3 Å². The highest BCUT2D eigenvalue weighted by molar-refractivity contribution is 5.64. The van der Waals surface area contributed by atoms with Gasteiger partial charge < -0.3 is 19.9 Å². The Kier molecular flexibility index (Phi) is 8.20. The maximum Gasteiger partial charge on any atom is 0.404 e. The van der Waals surface area contributed by atoms with Crippen LogP contribution < -0.4 is 5.32 Å². The summed E-state index contributed by atoms with van der Waals surface area (Å²) in [6.45, 7) is 6.40. The van der Waals surface area contributed by atoms with Crippen molar-refractivity contribution >= 4 is 6.09 Å². The average Bonchev–Trinajstić information content (AvgIpc) is 2.23. The number of carboxylic acid groups (broad SMARTS) is 1. The second kappa shape index (κ2) is 8.85. The van der Waals surface area contributed by atoms with E-state index in [1.165, 1.54) is 0 Å². The third-order valence-corrected chi connectivity index (χ3v) is 1.91. The zero-order valence-electron chi connectivity index (χ0n) is 10.5. The Labute approximate surface area is 102 Å². The van der Waals surface area contributed by atoms with Gasteiger partial charge in [-0.3, -0.25) is 0 Å². The Morgan fingerprint density at radius 1 is 1.41 bits per heavy atom. The van der Waals surface area contributed by atoms with Gasteiger partial charge in [0.25, 0.3) is 0 Å². The van der Waals surface area contributed by atoms with Crippen LogP contribution in [0.4, 0.5) is 4.79 Å². The van der Waals surface area contributed by atoms with Gasteiger partial charge in [-0.1, -0.05) is 19.8 Å². The molecule has 0 aromatic heterocycles.